The largest absolute Gasteiger partial charge is 0.456 e. The van der Waals surface area contributed by atoms with Crippen LogP contribution in [0.2, 0.25) is 0 Å². The van der Waals surface area contributed by atoms with Crippen molar-refractivity contribution in [2.24, 2.45) is 0 Å². The van der Waals surface area contributed by atoms with Crippen LogP contribution in [0.1, 0.15) is 11.1 Å². The molecule has 2 heterocycles. The standard InChI is InChI=1S/C45H25NO.C41H23NO/c46-26-29-20-22-44-45-31(29)16-8-18-37(45)42-23-28(19-21-43(42)47-44)38-24-40-36-15-6-5-14-35(36)39(25-41(40)34-13-4-3-12-33(34)38)32-17-7-10-27-9-1-2-11-30(27)32;42-24-29-18-21-40-41-31(29)10-5-11-35(41)38-22-28(17-20-39(38)43-40)25-12-14-27(15-13-25)36-23-37-30-7-2-1-6-26(30)16-19-34(37)32-8-3-4-9-33(32)36/h1-25H;1-23H. The number of nitriles is 2. The molecule has 90 heavy (non-hydrogen) atoms. The third-order valence-electron chi connectivity index (χ3n) is 18.8. The highest BCUT2D eigenvalue weighted by Gasteiger charge is 2.25. The first-order valence-electron chi connectivity index (χ1n) is 30.4. The fourth-order valence-corrected chi connectivity index (χ4v) is 14.6. The van der Waals surface area contributed by atoms with Gasteiger partial charge in [-0.05, 0) is 198 Å². The molecule has 0 N–H and O–H groups in total. The van der Waals surface area contributed by atoms with Crippen LogP contribution in [-0.4, -0.2) is 0 Å². The van der Waals surface area contributed by atoms with Gasteiger partial charge in [0.05, 0.1) is 23.3 Å². The maximum Gasteiger partial charge on any atom is 0.136 e. The molecule has 4 heteroatoms. The third-order valence-corrected chi connectivity index (χ3v) is 18.8. The minimum atomic E-state index is 0.657. The molecule has 17 aromatic carbocycles. The fourth-order valence-electron chi connectivity index (χ4n) is 14.6. The highest BCUT2D eigenvalue weighted by atomic mass is 16.5. The molecule has 2 aliphatic heterocycles. The quantitative estimate of drug-likeness (QED) is 0.165. The lowest BCUT2D eigenvalue weighted by molar-refractivity contribution is 0.487. The summed E-state index contributed by atoms with van der Waals surface area (Å²) in [5, 5.41) is 40.8. The van der Waals surface area contributed by atoms with Gasteiger partial charge in [-0.2, -0.15) is 10.5 Å². The Bertz CT molecular complexity index is 6060. The monoisotopic (exact) mass is 1140 g/mol. The summed E-state index contributed by atoms with van der Waals surface area (Å²) in [6.45, 7) is 0. The molecule has 0 aliphatic carbocycles. The van der Waals surface area contributed by atoms with Crippen LogP contribution in [-0.2, 0) is 0 Å². The average Bonchev–Trinajstić information content (AvgIpc) is 0.830. The maximum atomic E-state index is 9.80. The van der Waals surface area contributed by atoms with Crippen LogP contribution in [0.4, 0.5) is 0 Å². The summed E-state index contributed by atoms with van der Waals surface area (Å²) in [5.74, 6) is 3.25. The van der Waals surface area contributed by atoms with E-state index in [4.69, 9.17) is 9.47 Å². The van der Waals surface area contributed by atoms with E-state index >= 15 is 0 Å². The Balaban J connectivity index is 0.000000134. The molecule has 0 spiro atoms. The van der Waals surface area contributed by atoms with E-state index in [1.165, 1.54) is 103 Å². The highest BCUT2D eigenvalue weighted by molar-refractivity contribution is 6.25. The van der Waals surface area contributed by atoms with E-state index in [0.717, 1.165) is 83.5 Å². The van der Waals surface area contributed by atoms with Crippen molar-refractivity contribution >= 4 is 97.0 Å². The van der Waals surface area contributed by atoms with Crippen molar-refractivity contribution in [1.29, 1.82) is 10.5 Å². The van der Waals surface area contributed by atoms with Crippen molar-refractivity contribution in [3.8, 4) is 102 Å². The van der Waals surface area contributed by atoms with Gasteiger partial charge in [-0.25, -0.2) is 0 Å². The normalized spacial score (nSPS) is 11.9. The van der Waals surface area contributed by atoms with Gasteiger partial charge in [0.1, 0.15) is 23.0 Å². The van der Waals surface area contributed by atoms with Crippen molar-refractivity contribution in [3.63, 3.8) is 0 Å². The molecule has 0 fully saturated rings. The molecule has 0 aromatic heterocycles. The van der Waals surface area contributed by atoms with Gasteiger partial charge in [0.25, 0.3) is 0 Å². The number of rotatable bonds is 4. The van der Waals surface area contributed by atoms with E-state index in [2.05, 4.69) is 255 Å². The van der Waals surface area contributed by atoms with Crippen molar-refractivity contribution in [3.05, 3.63) is 302 Å². The Kier molecular flexibility index (Phi) is 11.4. The lowest BCUT2D eigenvalue weighted by Gasteiger charge is -2.23. The molecule has 2 aliphatic rings. The summed E-state index contributed by atoms with van der Waals surface area (Å²) in [4.78, 5) is 0. The second kappa shape index (κ2) is 20.1. The number of hydrogen-bond donors (Lipinski definition) is 0. The van der Waals surface area contributed by atoms with E-state index < -0.39 is 0 Å². The second-order valence-corrected chi connectivity index (χ2v) is 23.5. The van der Waals surface area contributed by atoms with Crippen LogP contribution in [0.3, 0.4) is 0 Å². The predicted molar refractivity (Wildman–Crippen MR) is 373 cm³/mol. The van der Waals surface area contributed by atoms with Crippen molar-refractivity contribution < 1.29 is 9.47 Å². The molecule has 4 nitrogen and oxygen atoms in total. The first-order valence-corrected chi connectivity index (χ1v) is 30.4. The Labute approximate surface area is 518 Å². The van der Waals surface area contributed by atoms with Crippen LogP contribution >= 0.6 is 0 Å². The highest BCUT2D eigenvalue weighted by Crippen LogP contribution is 2.52. The predicted octanol–water partition coefficient (Wildman–Crippen LogP) is 23.7. The molecule has 0 unspecified atom stereocenters. The van der Waals surface area contributed by atoms with Gasteiger partial charge in [0, 0.05) is 32.7 Å². The topological polar surface area (TPSA) is 66.0 Å². The molecule has 0 amide bonds. The van der Waals surface area contributed by atoms with Crippen LogP contribution < -0.4 is 9.47 Å². The maximum absolute atomic E-state index is 9.80. The first-order chi connectivity index (χ1) is 44.5. The van der Waals surface area contributed by atoms with Crippen molar-refractivity contribution in [2.45, 2.75) is 0 Å². The average molecular weight is 1140 g/mol. The Morgan fingerprint density at radius 1 is 0.200 bits per heavy atom. The van der Waals surface area contributed by atoms with E-state index in [9.17, 15) is 10.5 Å². The van der Waals surface area contributed by atoms with E-state index in [1.54, 1.807) is 0 Å². The van der Waals surface area contributed by atoms with Gasteiger partial charge >= 0.3 is 0 Å². The number of benzene rings is 17. The summed E-state index contributed by atoms with van der Waals surface area (Å²) in [7, 11) is 0. The van der Waals surface area contributed by atoms with Crippen LogP contribution in [0, 0.1) is 22.7 Å². The number of nitrogens with zero attached hydrogens (tertiary/aromatic N) is 2. The van der Waals surface area contributed by atoms with E-state index in [0.29, 0.717) is 11.1 Å². The second-order valence-electron chi connectivity index (χ2n) is 23.5. The molecule has 0 saturated heterocycles. The summed E-state index contributed by atoms with van der Waals surface area (Å²) in [5.41, 5.74) is 15.1. The summed E-state index contributed by atoms with van der Waals surface area (Å²) >= 11 is 0. The van der Waals surface area contributed by atoms with Crippen molar-refractivity contribution in [1.82, 2.24) is 0 Å². The van der Waals surface area contributed by atoms with Gasteiger partial charge in [-0.1, -0.05) is 224 Å². The molecular formula is C86H48N2O2. The number of hydrogen-bond acceptors (Lipinski definition) is 4. The SMILES string of the molecule is N#Cc1ccc2c3c(cccc13)-c1cc(-c3cc4c5ccccc5c(-c5cccc6ccccc56)cc4c4ccccc34)ccc1O2.N#Cc1ccc2c3c(cccc13)-c1cc(-c3ccc(-c4cc5c6ccccc6ccc5c5ccccc45)cc3)ccc1O2. The molecule has 0 saturated carbocycles. The van der Waals surface area contributed by atoms with Crippen LogP contribution in [0.25, 0.3) is 164 Å². The van der Waals surface area contributed by atoms with Crippen molar-refractivity contribution in [2.75, 3.05) is 0 Å². The zero-order valence-electron chi connectivity index (χ0n) is 48.4. The molecule has 17 aromatic rings. The lowest BCUT2D eigenvalue weighted by Crippen LogP contribution is -1.98. The Morgan fingerprint density at radius 2 is 0.578 bits per heavy atom. The summed E-state index contributed by atoms with van der Waals surface area (Å²) in [6.07, 6.45) is 0. The summed E-state index contributed by atoms with van der Waals surface area (Å²) < 4.78 is 12.7. The molecule has 19 rings (SSSR count). The van der Waals surface area contributed by atoms with Crippen LogP contribution in [0.5, 0.6) is 23.0 Å². The zero-order chi connectivity index (χ0) is 59.6. The van der Waals surface area contributed by atoms with Gasteiger partial charge < -0.3 is 9.47 Å². The molecule has 414 valence electrons. The first kappa shape index (κ1) is 50.9. The van der Waals surface area contributed by atoms with E-state index in [1.807, 2.05) is 48.5 Å². The lowest BCUT2D eigenvalue weighted by atomic mass is 9.86. The van der Waals surface area contributed by atoms with Gasteiger partial charge in [0.15, 0.2) is 0 Å². The van der Waals surface area contributed by atoms with Gasteiger partial charge in [0.2, 0.25) is 0 Å². The molecule has 0 atom stereocenters. The minimum Gasteiger partial charge on any atom is -0.456 e. The summed E-state index contributed by atoms with van der Waals surface area (Å²) in [6, 6.07) is 108. The van der Waals surface area contributed by atoms with Gasteiger partial charge in [-0.15, -0.1) is 0 Å². The molecule has 0 radical (unpaired) electrons. The smallest absolute Gasteiger partial charge is 0.136 e. The molecular weight excluding hydrogens is 1090 g/mol. The molecule has 0 bridgehead atoms. The zero-order valence-corrected chi connectivity index (χ0v) is 48.4. The Morgan fingerprint density at radius 3 is 1.17 bits per heavy atom. The van der Waals surface area contributed by atoms with Crippen LogP contribution in [0.15, 0.2) is 291 Å². The number of ether oxygens (including phenoxy) is 2. The fraction of sp³-hybridized carbons (Fsp3) is 0. The third kappa shape index (κ3) is 7.86. The number of fused-ring (bicyclic) bond motifs is 15. The van der Waals surface area contributed by atoms with E-state index in [-0.39, 0.29) is 0 Å². The Hall–Kier alpha value is -12.3. The van der Waals surface area contributed by atoms with Gasteiger partial charge in [-0.3, -0.25) is 0 Å². The minimum absolute atomic E-state index is 0.657.